The molecule has 1 aromatic carbocycles. The SMILES string of the molecule is COc1ccc(N)c(C(=O)NN2CCCCC2)c1. The van der Waals surface area contributed by atoms with E-state index >= 15 is 0 Å². The smallest absolute Gasteiger partial charge is 0.267 e. The average molecular weight is 249 g/mol. The van der Waals surface area contributed by atoms with E-state index in [0.717, 1.165) is 25.9 Å². The molecule has 1 aromatic rings. The largest absolute Gasteiger partial charge is 0.497 e. The molecule has 18 heavy (non-hydrogen) atoms. The Morgan fingerprint density at radius 1 is 1.33 bits per heavy atom. The maximum absolute atomic E-state index is 12.1. The molecule has 0 spiro atoms. The van der Waals surface area contributed by atoms with Gasteiger partial charge < -0.3 is 10.5 Å². The van der Waals surface area contributed by atoms with Gasteiger partial charge in [-0.1, -0.05) is 6.42 Å². The number of nitrogens with one attached hydrogen (secondary N) is 1. The van der Waals surface area contributed by atoms with Crippen LogP contribution in [0.4, 0.5) is 5.69 Å². The molecule has 0 atom stereocenters. The van der Waals surface area contributed by atoms with Gasteiger partial charge in [0.2, 0.25) is 0 Å². The topological polar surface area (TPSA) is 67.6 Å². The third-order valence-electron chi connectivity index (χ3n) is 3.12. The number of carbonyl (C=O) groups is 1. The molecule has 1 heterocycles. The van der Waals surface area contributed by atoms with Crippen LogP contribution in [-0.2, 0) is 0 Å². The molecule has 0 unspecified atom stereocenters. The molecule has 0 aliphatic carbocycles. The molecule has 0 bridgehead atoms. The minimum atomic E-state index is -0.173. The molecule has 2 rings (SSSR count). The van der Waals surface area contributed by atoms with Crippen LogP contribution in [0.2, 0.25) is 0 Å². The minimum Gasteiger partial charge on any atom is -0.497 e. The molecule has 1 aliphatic rings. The van der Waals surface area contributed by atoms with Crippen LogP contribution in [0.3, 0.4) is 0 Å². The van der Waals surface area contributed by atoms with Crippen LogP contribution in [-0.4, -0.2) is 31.1 Å². The highest BCUT2D eigenvalue weighted by Gasteiger charge is 2.16. The molecule has 1 fully saturated rings. The van der Waals surface area contributed by atoms with E-state index in [1.807, 2.05) is 5.01 Å². The molecule has 1 aliphatic heterocycles. The molecule has 1 amide bonds. The highest BCUT2D eigenvalue weighted by atomic mass is 16.5. The Balaban J connectivity index is 2.07. The molecule has 5 heteroatoms. The van der Waals surface area contributed by atoms with Crippen molar-refractivity contribution in [1.29, 1.82) is 0 Å². The number of rotatable bonds is 3. The summed E-state index contributed by atoms with van der Waals surface area (Å²) in [7, 11) is 1.57. The Kier molecular flexibility index (Phi) is 4.04. The summed E-state index contributed by atoms with van der Waals surface area (Å²) < 4.78 is 5.10. The van der Waals surface area contributed by atoms with Crippen LogP contribution in [0.5, 0.6) is 5.75 Å². The van der Waals surface area contributed by atoms with Gasteiger partial charge in [-0.3, -0.25) is 10.2 Å². The van der Waals surface area contributed by atoms with E-state index in [0.29, 0.717) is 17.0 Å². The first-order valence-electron chi connectivity index (χ1n) is 6.20. The Labute approximate surface area is 107 Å². The number of methoxy groups -OCH3 is 1. The first-order chi connectivity index (χ1) is 8.70. The monoisotopic (exact) mass is 249 g/mol. The van der Waals surface area contributed by atoms with Crippen LogP contribution < -0.4 is 15.9 Å². The van der Waals surface area contributed by atoms with Crippen molar-refractivity contribution in [3.63, 3.8) is 0 Å². The first-order valence-corrected chi connectivity index (χ1v) is 6.20. The van der Waals surface area contributed by atoms with Gasteiger partial charge in [0.25, 0.3) is 5.91 Å². The predicted molar refractivity (Wildman–Crippen MR) is 70.3 cm³/mol. The molecule has 3 N–H and O–H groups in total. The van der Waals surface area contributed by atoms with Gasteiger partial charge in [-0.15, -0.1) is 0 Å². The summed E-state index contributed by atoms with van der Waals surface area (Å²) in [6.07, 6.45) is 3.47. The Hall–Kier alpha value is -1.75. The fraction of sp³-hybridized carbons (Fsp3) is 0.462. The summed E-state index contributed by atoms with van der Waals surface area (Å²) in [5.41, 5.74) is 9.62. The maximum Gasteiger partial charge on any atom is 0.267 e. The zero-order chi connectivity index (χ0) is 13.0. The van der Waals surface area contributed by atoms with E-state index in [1.165, 1.54) is 6.42 Å². The number of ether oxygens (including phenoxy) is 1. The van der Waals surface area contributed by atoms with Gasteiger partial charge in [-0.25, -0.2) is 5.01 Å². The van der Waals surface area contributed by atoms with Gasteiger partial charge in [-0.2, -0.15) is 0 Å². The van der Waals surface area contributed by atoms with Gasteiger partial charge in [0.15, 0.2) is 0 Å². The fourth-order valence-corrected chi connectivity index (χ4v) is 2.07. The summed E-state index contributed by atoms with van der Waals surface area (Å²) in [6.45, 7) is 1.80. The average Bonchev–Trinajstić information content (AvgIpc) is 2.40. The van der Waals surface area contributed by atoms with Crippen LogP contribution in [0.1, 0.15) is 29.6 Å². The molecule has 5 nitrogen and oxygen atoms in total. The number of piperidine rings is 1. The van der Waals surface area contributed by atoms with Crippen molar-refractivity contribution in [2.24, 2.45) is 0 Å². The van der Waals surface area contributed by atoms with Crippen molar-refractivity contribution in [2.75, 3.05) is 25.9 Å². The van der Waals surface area contributed by atoms with Gasteiger partial charge in [0.1, 0.15) is 5.75 Å². The van der Waals surface area contributed by atoms with E-state index < -0.39 is 0 Å². The first kappa shape index (κ1) is 12.7. The van der Waals surface area contributed by atoms with Crippen molar-refractivity contribution in [1.82, 2.24) is 10.4 Å². The second-order valence-corrected chi connectivity index (χ2v) is 4.44. The Morgan fingerprint density at radius 3 is 2.72 bits per heavy atom. The summed E-state index contributed by atoms with van der Waals surface area (Å²) in [6, 6.07) is 5.09. The molecule has 0 saturated carbocycles. The van der Waals surface area contributed by atoms with Crippen LogP contribution in [0.15, 0.2) is 18.2 Å². The van der Waals surface area contributed by atoms with Crippen molar-refractivity contribution in [3.8, 4) is 5.75 Å². The number of hydrazine groups is 1. The van der Waals surface area contributed by atoms with E-state index in [9.17, 15) is 4.79 Å². The molecule has 98 valence electrons. The quantitative estimate of drug-likeness (QED) is 0.795. The van der Waals surface area contributed by atoms with Crippen LogP contribution in [0.25, 0.3) is 0 Å². The normalized spacial score (nSPS) is 16.3. The lowest BCUT2D eigenvalue weighted by Gasteiger charge is -2.27. The van der Waals surface area contributed by atoms with Crippen molar-refractivity contribution in [2.45, 2.75) is 19.3 Å². The van der Waals surface area contributed by atoms with Gasteiger partial charge in [0.05, 0.1) is 12.7 Å². The van der Waals surface area contributed by atoms with Crippen molar-refractivity contribution < 1.29 is 9.53 Å². The highest BCUT2D eigenvalue weighted by Crippen LogP contribution is 2.19. The minimum absolute atomic E-state index is 0.173. The molecule has 0 radical (unpaired) electrons. The molecule has 0 aromatic heterocycles. The number of nitrogens with two attached hydrogens (primary N) is 1. The summed E-state index contributed by atoms with van der Waals surface area (Å²) in [4.78, 5) is 12.1. The summed E-state index contributed by atoms with van der Waals surface area (Å²) in [5.74, 6) is 0.460. The van der Waals surface area contributed by atoms with E-state index in [2.05, 4.69) is 5.43 Å². The molecule has 1 saturated heterocycles. The number of hydrogen-bond donors (Lipinski definition) is 2. The Morgan fingerprint density at radius 2 is 2.06 bits per heavy atom. The zero-order valence-corrected chi connectivity index (χ0v) is 10.6. The second-order valence-electron chi connectivity index (χ2n) is 4.44. The number of hydrogen-bond acceptors (Lipinski definition) is 4. The summed E-state index contributed by atoms with van der Waals surface area (Å²) in [5, 5.41) is 1.95. The van der Waals surface area contributed by atoms with Crippen LogP contribution in [0, 0.1) is 0 Å². The summed E-state index contributed by atoms with van der Waals surface area (Å²) >= 11 is 0. The number of nitrogens with zero attached hydrogens (tertiary/aromatic N) is 1. The van der Waals surface area contributed by atoms with Gasteiger partial charge in [0, 0.05) is 18.8 Å². The van der Waals surface area contributed by atoms with E-state index in [4.69, 9.17) is 10.5 Å². The second kappa shape index (κ2) is 5.73. The fourth-order valence-electron chi connectivity index (χ4n) is 2.07. The number of anilines is 1. The Bertz CT molecular complexity index is 428. The standard InChI is InChI=1S/C13H19N3O2/c1-18-10-5-6-12(14)11(9-10)13(17)15-16-7-3-2-4-8-16/h5-6,9H,2-4,7-8,14H2,1H3,(H,15,17). The molecular formula is C13H19N3O2. The predicted octanol–water partition coefficient (Wildman–Crippen LogP) is 1.41. The van der Waals surface area contributed by atoms with Gasteiger partial charge in [-0.05, 0) is 31.0 Å². The lowest BCUT2D eigenvalue weighted by Crippen LogP contribution is -2.45. The highest BCUT2D eigenvalue weighted by molar-refractivity contribution is 5.99. The van der Waals surface area contributed by atoms with E-state index in [-0.39, 0.29) is 5.91 Å². The third-order valence-corrected chi connectivity index (χ3v) is 3.12. The van der Waals surface area contributed by atoms with Gasteiger partial charge >= 0.3 is 0 Å². The number of nitrogen functional groups attached to an aromatic ring is 1. The van der Waals surface area contributed by atoms with Crippen LogP contribution >= 0.6 is 0 Å². The lowest BCUT2D eigenvalue weighted by molar-refractivity contribution is 0.0750. The number of benzene rings is 1. The lowest BCUT2D eigenvalue weighted by atomic mass is 10.1. The zero-order valence-electron chi connectivity index (χ0n) is 10.6. The van der Waals surface area contributed by atoms with Crippen molar-refractivity contribution in [3.05, 3.63) is 23.8 Å². The maximum atomic E-state index is 12.1. The molecular weight excluding hydrogens is 230 g/mol. The van der Waals surface area contributed by atoms with E-state index in [1.54, 1.807) is 25.3 Å². The van der Waals surface area contributed by atoms with Crippen molar-refractivity contribution >= 4 is 11.6 Å². The third kappa shape index (κ3) is 2.92. The number of amides is 1. The number of carbonyl (C=O) groups excluding carboxylic acids is 1.